The van der Waals surface area contributed by atoms with E-state index < -0.39 is 17.8 Å². The van der Waals surface area contributed by atoms with Crippen molar-refractivity contribution < 1.29 is 14.3 Å². The maximum atomic E-state index is 12.9. The van der Waals surface area contributed by atoms with Crippen LogP contribution in [0.3, 0.4) is 0 Å². The molecule has 0 bridgehead atoms. The molecular formula is C17H16FN5O2. The van der Waals surface area contributed by atoms with Crippen molar-refractivity contribution in [1.29, 1.82) is 0 Å². The molecule has 25 heavy (non-hydrogen) atoms. The molecule has 0 saturated heterocycles. The van der Waals surface area contributed by atoms with Gasteiger partial charge in [-0.1, -0.05) is 12.1 Å². The first kappa shape index (κ1) is 16.7. The van der Waals surface area contributed by atoms with E-state index in [-0.39, 0.29) is 6.54 Å². The summed E-state index contributed by atoms with van der Waals surface area (Å²) in [5.41, 5.74) is 1.12. The van der Waals surface area contributed by atoms with Crippen LogP contribution in [0.4, 0.5) is 4.39 Å². The summed E-state index contributed by atoms with van der Waals surface area (Å²) >= 11 is 0. The second-order valence-corrected chi connectivity index (χ2v) is 5.34. The molecule has 0 aliphatic rings. The third-order valence-electron chi connectivity index (χ3n) is 3.55. The molecule has 0 unspecified atom stereocenters. The molecule has 1 aromatic carbocycles. The number of hydrogen-bond donors (Lipinski definition) is 3. The average Bonchev–Trinajstić information content (AvgIpc) is 3.11. The van der Waals surface area contributed by atoms with Gasteiger partial charge in [-0.15, -0.1) is 0 Å². The van der Waals surface area contributed by atoms with E-state index >= 15 is 0 Å². The van der Waals surface area contributed by atoms with Crippen LogP contribution in [-0.2, 0) is 11.2 Å². The van der Waals surface area contributed by atoms with Crippen LogP contribution >= 0.6 is 0 Å². The van der Waals surface area contributed by atoms with Crippen LogP contribution in [0.1, 0.15) is 17.5 Å². The molecule has 3 rings (SSSR count). The van der Waals surface area contributed by atoms with Crippen molar-refractivity contribution in [3.8, 4) is 11.4 Å². The lowest BCUT2D eigenvalue weighted by Gasteiger charge is -2.11. The third-order valence-corrected chi connectivity index (χ3v) is 3.55. The molecule has 0 aliphatic carbocycles. The number of nitrogens with zero attached hydrogens (tertiary/aromatic N) is 3. The molecular weight excluding hydrogens is 325 g/mol. The van der Waals surface area contributed by atoms with Gasteiger partial charge in [-0.3, -0.25) is 14.9 Å². The van der Waals surface area contributed by atoms with Crippen molar-refractivity contribution in [2.45, 2.75) is 12.5 Å². The smallest absolute Gasteiger partial charge is 0.253 e. The molecule has 7 nitrogen and oxygen atoms in total. The lowest BCUT2D eigenvalue weighted by Crippen LogP contribution is -2.31. The van der Waals surface area contributed by atoms with E-state index in [0.29, 0.717) is 23.6 Å². The van der Waals surface area contributed by atoms with Gasteiger partial charge >= 0.3 is 0 Å². The maximum Gasteiger partial charge on any atom is 0.253 e. The largest absolute Gasteiger partial charge is 0.378 e. The van der Waals surface area contributed by atoms with Gasteiger partial charge in [-0.05, 0) is 29.8 Å². The summed E-state index contributed by atoms with van der Waals surface area (Å²) in [6.07, 6.45) is 2.41. The Morgan fingerprint density at radius 3 is 2.80 bits per heavy atom. The van der Waals surface area contributed by atoms with E-state index in [2.05, 4.69) is 25.5 Å². The Balaban J connectivity index is 1.52. The van der Waals surface area contributed by atoms with Crippen LogP contribution < -0.4 is 5.32 Å². The SMILES string of the molecule is O=C(NCCc1nc(-c2cccnc2)n[nH]1)[C@@H](O)c1ccc(F)cc1. The van der Waals surface area contributed by atoms with E-state index in [9.17, 15) is 14.3 Å². The maximum absolute atomic E-state index is 12.9. The molecule has 2 heterocycles. The number of H-pyrrole nitrogens is 1. The Morgan fingerprint density at radius 1 is 1.28 bits per heavy atom. The van der Waals surface area contributed by atoms with Gasteiger partial charge in [0, 0.05) is 30.9 Å². The minimum Gasteiger partial charge on any atom is -0.378 e. The summed E-state index contributed by atoms with van der Waals surface area (Å²) in [6, 6.07) is 8.77. The molecule has 0 aliphatic heterocycles. The number of halogens is 1. The fraction of sp³-hybridized carbons (Fsp3) is 0.176. The number of hydrogen-bond acceptors (Lipinski definition) is 5. The molecule has 128 valence electrons. The Hall–Kier alpha value is -3.13. The molecule has 1 amide bonds. The van der Waals surface area contributed by atoms with Crippen molar-refractivity contribution in [2.24, 2.45) is 0 Å². The third kappa shape index (κ3) is 4.24. The number of benzene rings is 1. The summed E-state index contributed by atoms with van der Waals surface area (Å²) in [5, 5.41) is 19.5. The molecule has 8 heteroatoms. The number of carbonyl (C=O) groups is 1. The molecule has 3 aromatic rings. The minimum absolute atomic E-state index is 0.277. The first-order valence-corrected chi connectivity index (χ1v) is 7.66. The van der Waals surface area contributed by atoms with Crippen LogP contribution in [-0.4, -0.2) is 37.7 Å². The van der Waals surface area contributed by atoms with Crippen LogP contribution in [0, 0.1) is 5.82 Å². The molecule has 1 atom stereocenters. The Bertz CT molecular complexity index is 836. The van der Waals surface area contributed by atoms with Crippen LogP contribution in [0.25, 0.3) is 11.4 Å². The predicted molar refractivity (Wildman–Crippen MR) is 87.7 cm³/mol. The summed E-state index contributed by atoms with van der Waals surface area (Å²) in [4.78, 5) is 20.3. The highest BCUT2D eigenvalue weighted by molar-refractivity contribution is 5.81. The van der Waals surface area contributed by atoms with E-state index in [0.717, 1.165) is 5.56 Å². The van der Waals surface area contributed by atoms with Gasteiger partial charge in [-0.2, -0.15) is 5.10 Å². The highest BCUT2D eigenvalue weighted by Crippen LogP contribution is 2.14. The Morgan fingerprint density at radius 2 is 2.08 bits per heavy atom. The number of aromatic amines is 1. The van der Waals surface area contributed by atoms with Crippen molar-refractivity contribution in [1.82, 2.24) is 25.5 Å². The highest BCUT2D eigenvalue weighted by Gasteiger charge is 2.17. The van der Waals surface area contributed by atoms with Gasteiger partial charge in [0.1, 0.15) is 11.6 Å². The van der Waals surface area contributed by atoms with Crippen LogP contribution in [0.2, 0.25) is 0 Å². The summed E-state index contributed by atoms with van der Waals surface area (Å²) in [5.74, 6) is 0.154. The molecule has 0 radical (unpaired) electrons. The zero-order valence-corrected chi connectivity index (χ0v) is 13.2. The molecule has 0 fully saturated rings. The van der Waals surface area contributed by atoms with Gasteiger partial charge in [0.2, 0.25) is 0 Å². The van der Waals surface area contributed by atoms with Crippen molar-refractivity contribution in [3.05, 3.63) is 66.0 Å². The zero-order chi connectivity index (χ0) is 17.6. The second kappa shape index (κ2) is 7.63. The molecule has 3 N–H and O–H groups in total. The zero-order valence-electron chi connectivity index (χ0n) is 13.2. The summed E-state index contributed by atoms with van der Waals surface area (Å²) in [6.45, 7) is 0.277. The second-order valence-electron chi connectivity index (χ2n) is 5.34. The summed E-state index contributed by atoms with van der Waals surface area (Å²) in [7, 11) is 0. The molecule has 0 spiro atoms. The minimum atomic E-state index is -1.35. The van der Waals surface area contributed by atoms with Gasteiger partial charge < -0.3 is 10.4 Å². The van der Waals surface area contributed by atoms with E-state index in [1.807, 2.05) is 6.07 Å². The van der Waals surface area contributed by atoms with Gasteiger partial charge in [-0.25, -0.2) is 9.37 Å². The number of nitrogens with one attached hydrogen (secondary N) is 2. The highest BCUT2D eigenvalue weighted by atomic mass is 19.1. The summed E-state index contributed by atoms with van der Waals surface area (Å²) < 4.78 is 12.9. The number of aliphatic hydroxyl groups is 1. The molecule has 2 aromatic heterocycles. The van der Waals surface area contributed by atoms with Crippen LogP contribution in [0.5, 0.6) is 0 Å². The van der Waals surface area contributed by atoms with Crippen LogP contribution in [0.15, 0.2) is 48.8 Å². The fourth-order valence-corrected chi connectivity index (χ4v) is 2.23. The normalized spacial score (nSPS) is 11.9. The van der Waals surface area contributed by atoms with Crippen molar-refractivity contribution in [3.63, 3.8) is 0 Å². The standard InChI is InChI=1S/C17H16FN5O2/c18-13-5-3-11(4-6-13)15(24)17(25)20-9-7-14-21-16(23-22-14)12-2-1-8-19-10-12/h1-6,8,10,15,24H,7,9H2,(H,20,25)(H,21,22,23)/t15-/m0/s1. The van der Waals surface area contributed by atoms with Gasteiger partial charge in [0.15, 0.2) is 11.9 Å². The fourth-order valence-electron chi connectivity index (χ4n) is 2.23. The number of rotatable bonds is 6. The monoisotopic (exact) mass is 341 g/mol. The van der Waals surface area contributed by atoms with Gasteiger partial charge in [0.05, 0.1) is 0 Å². The quantitative estimate of drug-likeness (QED) is 0.629. The van der Waals surface area contributed by atoms with Gasteiger partial charge in [0.25, 0.3) is 5.91 Å². The first-order chi connectivity index (χ1) is 12.1. The lowest BCUT2D eigenvalue weighted by atomic mass is 10.1. The average molecular weight is 341 g/mol. The molecule has 0 saturated carbocycles. The van der Waals surface area contributed by atoms with Crippen molar-refractivity contribution >= 4 is 5.91 Å². The first-order valence-electron chi connectivity index (χ1n) is 7.66. The Kier molecular flexibility index (Phi) is 5.10. The van der Waals surface area contributed by atoms with E-state index in [4.69, 9.17) is 0 Å². The predicted octanol–water partition coefficient (Wildman–Crippen LogP) is 1.40. The number of pyridine rings is 1. The lowest BCUT2D eigenvalue weighted by molar-refractivity contribution is -0.129. The number of carbonyl (C=O) groups excluding carboxylic acids is 1. The van der Waals surface area contributed by atoms with E-state index in [1.54, 1.807) is 18.5 Å². The van der Waals surface area contributed by atoms with Crippen molar-refractivity contribution in [2.75, 3.05) is 6.54 Å². The number of amides is 1. The topological polar surface area (TPSA) is 104 Å². The Labute approximate surface area is 143 Å². The van der Waals surface area contributed by atoms with E-state index in [1.165, 1.54) is 24.3 Å². The number of aliphatic hydroxyl groups excluding tert-OH is 1. The number of aromatic nitrogens is 4.